The van der Waals surface area contributed by atoms with E-state index in [9.17, 15) is 20.0 Å². The van der Waals surface area contributed by atoms with Gasteiger partial charge in [-0.15, -0.1) is 12.4 Å². The summed E-state index contributed by atoms with van der Waals surface area (Å²) in [4.78, 5) is 13.5. The number of phenols is 1. The van der Waals surface area contributed by atoms with Crippen LogP contribution in [0.2, 0.25) is 6.32 Å². The van der Waals surface area contributed by atoms with Crippen LogP contribution >= 0.6 is 12.4 Å². The minimum Gasteiger partial charge on any atom is -0.535 e. The third-order valence-corrected chi connectivity index (χ3v) is 4.91. The van der Waals surface area contributed by atoms with E-state index in [4.69, 9.17) is 14.8 Å². The number of amidine groups is 1. The van der Waals surface area contributed by atoms with Crippen molar-refractivity contribution >= 4 is 31.3 Å². The van der Waals surface area contributed by atoms with E-state index in [1.807, 2.05) is 0 Å². The van der Waals surface area contributed by atoms with E-state index in [-0.39, 0.29) is 47.2 Å². The van der Waals surface area contributed by atoms with Crippen molar-refractivity contribution in [2.75, 3.05) is 13.1 Å². The Balaban J connectivity index is 0.00000240. The molecule has 0 unspecified atom stereocenters. The molecule has 8 nitrogen and oxygen atoms in total. The van der Waals surface area contributed by atoms with Gasteiger partial charge < -0.3 is 29.5 Å². The molecule has 0 saturated carbocycles. The second-order valence-corrected chi connectivity index (χ2v) is 6.89. The van der Waals surface area contributed by atoms with Crippen molar-refractivity contribution < 1.29 is 29.4 Å². The fourth-order valence-electron chi connectivity index (χ4n) is 3.42. The zero-order valence-electron chi connectivity index (χ0n) is 15.4. The number of hydrogen-bond acceptors (Lipinski definition) is 6. The Morgan fingerprint density at radius 1 is 1.28 bits per heavy atom. The lowest BCUT2D eigenvalue weighted by molar-refractivity contribution is 0.0597. The van der Waals surface area contributed by atoms with Crippen LogP contribution in [0.5, 0.6) is 17.2 Å². The molecule has 2 aromatic rings. The Bertz CT molecular complexity index is 950. The first-order chi connectivity index (χ1) is 13.4. The van der Waals surface area contributed by atoms with Crippen LogP contribution in [0, 0.1) is 5.41 Å². The molecule has 0 atom stereocenters. The molecule has 1 fully saturated rings. The fraction of sp³-hybridized carbons (Fsp3) is 0.263. The summed E-state index contributed by atoms with van der Waals surface area (Å²) in [6.45, 7) is 0.849. The summed E-state index contributed by atoms with van der Waals surface area (Å²) >= 11 is 0. The number of nitrogens with one attached hydrogen (secondary N) is 1. The first kappa shape index (κ1) is 20.8. The van der Waals surface area contributed by atoms with Gasteiger partial charge in [-0.3, -0.25) is 5.41 Å². The zero-order chi connectivity index (χ0) is 19.8. The van der Waals surface area contributed by atoms with Crippen molar-refractivity contribution in [3.8, 4) is 17.2 Å². The van der Waals surface area contributed by atoms with E-state index < -0.39 is 13.1 Å². The maximum Gasteiger partial charge on any atom is 0.522 e. The van der Waals surface area contributed by atoms with Gasteiger partial charge in [0.15, 0.2) is 0 Å². The molecule has 2 aromatic carbocycles. The summed E-state index contributed by atoms with van der Waals surface area (Å²) in [5.74, 6) is -0.463. The lowest BCUT2D eigenvalue weighted by Gasteiger charge is -2.41. The predicted molar refractivity (Wildman–Crippen MR) is 109 cm³/mol. The summed E-state index contributed by atoms with van der Waals surface area (Å²) in [6, 6.07) is 9.85. The molecule has 2 heterocycles. The lowest BCUT2D eigenvalue weighted by Crippen LogP contribution is -2.56. The number of hydrogen-bond donors (Lipinski definition) is 4. The molecule has 0 aromatic heterocycles. The highest BCUT2D eigenvalue weighted by Gasteiger charge is 2.34. The van der Waals surface area contributed by atoms with Gasteiger partial charge >= 0.3 is 13.1 Å². The predicted octanol–water partition coefficient (Wildman–Crippen LogP) is 2.02. The maximum atomic E-state index is 11.8. The monoisotopic (exact) mass is 418 g/mol. The molecule has 4 rings (SSSR count). The molecule has 2 aliphatic rings. The van der Waals surface area contributed by atoms with Gasteiger partial charge in [-0.1, -0.05) is 18.2 Å². The number of halogens is 1. The van der Waals surface area contributed by atoms with Gasteiger partial charge in [-0.25, -0.2) is 4.79 Å². The number of likely N-dealkylation sites (tertiary alicyclic amines) is 1. The summed E-state index contributed by atoms with van der Waals surface area (Å²) in [6.07, 6.45) is 0.679. The highest BCUT2D eigenvalue weighted by atomic mass is 35.5. The van der Waals surface area contributed by atoms with Crippen LogP contribution in [-0.2, 0) is 6.42 Å². The standard InChI is InChI=1S/C19H19BN2O6.ClH/c21-18(12-2-1-3-13(23)8-12)22-9-14(10-22)27-15-5-4-11-6-7-20(26)28-17(11)16(15)19(24)25;/h1-5,8,14,21,23,26H,6-7,9-10H2,(H,24,25);1H. The Morgan fingerprint density at radius 3 is 2.72 bits per heavy atom. The van der Waals surface area contributed by atoms with Crippen LogP contribution in [0.15, 0.2) is 36.4 Å². The van der Waals surface area contributed by atoms with Gasteiger partial charge in [0.2, 0.25) is 0 Å². The highest BCUT2D eigenvalue weighted by Crippen LogP contribution is 2.37. The van der Waals surface area contributed by atoms with Gasteiger partial charge in [0.05, 0.1) is 13.1 Å². The van der Waals surface area contributed by atoms with E-state index >= 15 is 0 Å². The maximum absolute atomic E-state index is 11.8. The third kappa shape index (κ3) is 4.11. The molecular weight excluding hydrogens is 398 g/mol. The number of carboxylic acid groups (broad SMARTS) is 1. The van der Waals surface area contributed by atoms with Crippen molar-refractivity contribution in [3.63, 3.8) is 0 Å². The first-order valence-corrected chi connectivity index (χ1v) is 8.96. The Labute approximate surface area is 173 Å². The molecule has 0 aliphatic carbocycles. The molecule has 0 radical (unpaired) electrons. The van der Waals surface area contributed by atoms with Crippen molar-refractivity contribution in [3.05, 3.63) is 53.1 Å². The number of benzene rings is 2. The molecule has 0 amide bonds. The molecule has 10 heteroatoms. The van der Waals surface area contributed by atoms with Gasteiger partial charge in [0, 0.05) is 5.56 Å². The summed E-state index contributed by atoms with van der Waals surface area (Å²) in [5.41, 5.74) is 1.24. The van der Waals surface area contributed by atoms with Crippen LogP contribution in [0.4, 0.5) is 0 Å². The van der Waals surface area contributed by atoms with Gasteiger partial charge in [0.1, 0.15) is 34.8 Å². The third-order valence-electron chi connectivity index (χ3n) is 4.91. The highest BCUT2D eigenvalue weighted by molar-refractivity contribution is 6.44. The molecule has 0 bridgehead atoms. The van der Waals surface area contributed by atoms with E-state index in [0.29, 0.717) is 31.4 Å². The number of carbonyl (C=O) groups is 1. The van der Waals surface area contributed by atoms with Crippen molar-refractivity contribution in [2.45, 2.75) is 18.8 Å². The number of nitrogens with zero attached hydrogens (tertiary/aromatic N) is 1. The summed E-state index contributed by atoms with van der Waals surface area (Å²) < 4.78 is 11.2. The molecule has 1 saturated heterocycles. The quantitative estimate of drug-likeness (QED) is 0.340. The van der Waals surface area contributed by atoms with E-state index in [0.717, 1.165) is 5.56 Å². The average molecular weight is 419 g/mol. The van der Waals surface area contributed by atoms with Crippen molar-refractivity contribution in [1.29, 1.82) is 5.41 Å². The van der Waals surface area contributed by atoms with E-state index in [1.165, 1.54) is 6.07 Å². The minimum atomic E-state index is -1.18. The number of carboxylic acids is 1. The number of aromatic carboxylic acids is 1. The van der Waals surface area contributed by atoms with Crippen molar-refractivity contribution in [1.82, 2.24) is 4.90 Å². The molecule has 2 aliphatic heterocycles. The number of phenolic OH excluding ortho intramolecular Hbond substituents is 1. The van der Waals surface area contributed by atoms with E-state index in [2.05, 4.69) is 0 Å². The fourth-order valence-corrected chi connectivity index (χ4v) is 3.42. The number of ether oxygens (including phenoxy) is 1. The van der Waals surface area contributed by atoms with Crippen LogP contribution in [-0.4, -0.2) is 58.3 Å². The second kappa shape index (κ2) is 8.22. The van der Waals surface area contributed by atoms with E-state index in [1.54, 1.807) is 35.2 Å². The smallest absolute Gasteiger partial charge is 0.522 e. The van der Waals surface area contributed by atoms with Crippen molar-refractivity contribution in [2.24, 2.45) is 0 Å². The summed E-state index contributed by atoms with van der Waals surface area (Å²) in [7, 11) is -1.03. The number of fused-ring (bicyclic) bond motifs is 1. The van der Waals surface area contributed by atoms with Crippen LogP contribution in [0.3, 0.4) is 0 Å². The largest absolute Gasteiger partial charge is 0.535 e. The number of rotatable bonds is 4. The molecular formula is C19H20BClN2O6. The average Bonchev–Trinajstić information content (AvgIpc) is 2.63. The molecule has 4 N–H and O–H groups in total. The Morgan fingerprint density at radius 2 is 2.03 bits per heavy atom. The van der Waals surface area contributed by atoms with Crippen LogP contribution < -0.4 is 9.39 Å². The molecule has 152 valence electrons. The van der Waals surface area contributed by atoms with Crippen LogP contribution in [0.1, 0.15) is 21.5 Å². The molecule has 29 heavy (non-hydrogen) atoms. The minimum absolute atomic E-state index is 0. The van der Waals surface area contributed by atoms with Gasteiger partial charge in [-0.2, -0.15) is 0 Å². The number of aromatic hydroxyl groups is 1. The first-order valence-electron chi connectivity index (χ1n) is 8.96. The summed E-state index contributed by atoms with van der Waals surface area (Å²) in [5, 5.41) is 37.1. The Hall–Kier alpha value is -2.91. The second-order valence-electron chi connectivity index (χ2n) is 6.89. The number of aryl methyl sites for hydroxylation is 1. The lowest BCUT2D eigenvalue weighted by atomic mass is 9.78. The Kier molecular flexibility index (Phi) is 5.90. The van der Waals surface area contributed by atoms with Gasteiger partial charge in [-0.05, 0) is 36.5 Å². The SMILES string of the molecule is Cl.N=C(c1cccc(O)c1)N1CC(Oc2ccc3c(c2C(=O)O)OB(O)CC3)C1. The topological polar surface area (TPSA) is 123 Å². The zero-order valence-corrected chi connectivity index (χ0v) is 16.2. The molecule has 0 spiro atoms. The van der Waals surface area contributed by atoms with Crippen LogP contribution in [0.25, 0.3) is 0 Å². The van der Waals surface area contributed by atoms with Gasteiger partial charge in [0.25, 0.3) is 0 Å². The normalized spacial score (nSPS) is 15.5.